The van der Waals surface area contributed by atoms with Gasteiger partial charge in [0.05, 0.1) is 19.3 Å². The average molecular weight is 454 g/mol. The second-order valence-corrected chi connectivity index (χ2v) is 7.66. The van der Waals surface area contributed by atoms with Crippen LogP contribution in [0.2, 0.25) is 5.02 Å². The molecule has 164 valence electrons. The Labute approximate surface area is 188 Å². The standard InChI is InChI=1S/C22H20ClN5O4/c1-28-18(9-10-25-28)22(20(30)26-21(31)27-22)12-24-19(29)16-6-4-3-5-14(16)15-8-7-13(23)11-17(15)32-2/h3-11H,12H2,1-2H3,(H,24,29)(H2,26,27,30,31). The lowest BCUT2D eigenvalue weighted by molar-refractivity contribution is -0.124. The molecule has 1 aliphatic rings. The second-order valence-electron chi connectivity index (χ2n) is 7.23. The van der Waals surface area contributed by atoms with Gasteiger partial charge in [0.15, 0.2) is 5.54 Å². The Hall–Kier alpha value is -3.85. The van der Waals surface area contributed by atoms with E-state index in [2.05, 4.69) is 21.0 Å². The Kier molecular flexibility index (Phi) is 5.58. The minimum Gasteiger partial charge on any atom is -0.496 e. The summed E-state index contributed by atoms with van der Waals surface area (Å²) in [6.07, 6.45) is 1.51. The molecule has 0 aliphatic carbocycles. The summed E-state index contributed by atoms with van der Waals surface area (Å²) in [6, 6.07) is 13.1. The van der Waals surface area contributed by atoms with Crippen molar-refractivity contribution in [3.63, 3.8) is 0 Å². The van der Waals surface area contributed by atoms with Gasteiger partial charge in [0.2, 0.25) is 0 Å². The minimum absolute atomic E-state index is 0.172. The highest BCUT2D eigenvalue weighted by atomic mass is 35.5. The van der Waals surface area contributed by atoms with Crippen LogP contribution in [0.1, 0.15) is 16.1 Å². The molecule has 0 bridgehead atoms. The third-order valence-electron chi connectivity index (χ3n) is 5.34. The van der Waals surface area contributed by atoms with Crippen LogP contribution in [-0.4, -0.2) is 41.3 Å². The summed E-state index contributed by atoms with van der Waals surface area (Å²) < 4.78 is 6.91. The fraction of sp³-hybridized carbons (Fsp3) is 0.182. The molecular weight excluding hydrogens is 434 g/mol. The highest BCUT2D eigenvalue weighted by molar-refractivity contribution is 6.30. The third kappa shape index (κ3) is 3.67. The maximum Gasteiger partial charge on any atom is 0.322 e. The van der Waals surface area contributed by atoms with E-state index in [0.717, 1.165) is 0 Å². The first kappa shape index (κ1) is 21.4. The molecule has 3 aromatic rings. The molecule has 1 fully saturated rings. The van der Waals surface area contributed by atoms with Crippen molar-refractivity contribution in [1.82, 2.24) is 25.7 Å². The average Bonchev–Trinajstić information content (AvgIpc) is 3.34. The summed E-state index contributed by atoms with van der Waals surface area (Å²) >= 11 is 6.07. The largest absolute Gasteiger partial charge is 0.496 e. The lowest BCUT2D eigenvalue weighted by Crippen LogP contribution is -2.53. The Balaban J connectivity index is 1.66. The summed E-state index contributed by atoms with van der Waals surface area (Å²) in [5, 5.41) is 12.2. The molecule has 2 aromatic carbocycles. The van der Waals surface area contributed by atoms with Crippen molar-refractivity contribution >= 4 is 29.4 Å². The molecule has 9 nitrogen and oxygen atoms in total. The van der Waals surface area contributed by atoms with Crippen LogP contribution < -0.4 is 20.7 Å². The maximum absolute atomic E-state index is 13.2. The highest BCUT2D eigenvalue weighted by Crippen LogP contribution is 2.34. The van der Waals surface area contributed by atoms with Crippen LogP contribution in [-0.2, 0) is 17.4 Å². The molecular formula is C22H20ClN5O4. The summed E-state index contributed by atoms with van der Waals surface area (Å²) in [5.41, 5.74) is 0.654. The second kappa shape index (κ2) is 8.35. The molecule has 0 spiro atoms. The number of carbonyl (C=O) groups excluding carboxylic acids is 3. The predicted molar refractivity (Wildman–Crippen MR) is 117 cm³/mol. The monoisotopic (exact) mass is 453 g/mol. The molecule has 1 aromatic heterocycles. The van der Waals surface area contributed by atoms with Gasteiger partial charge in [-0.3, -0.25) is 19.6 Å². The normalized spacial score (nSPS) is 17.6. The molecule has 2 heterocycles. The van der Waals surface area contributed by atoms with E-state index in [-0.39, 0.29) is 6.54 Å². The molecule has 1 atom stereocenters. The van der Waals surface area contributed by atoms with Crippen LogP contribution in [0.4, 0.5) is 4.79 Å². The van der Waals surface area contributed by atoms with Crippen molar-refractivity contribution in [2.75, 3.05) is 13.7 Å². The van der Waals surface area contributed by atoms with E-state index in [0.29, 0.717) is 33.2 Å². The Morgan fingerprint density at radius 1 is 1.19 bits per heavy atom. The Morgan fingerprint density at radius 3 is 2.62 bits per heavy atom. The van der Waals surface area contributed by atoms with Gasteiger partial charge < -0.3 is 15.4 Å². The van der Waals surface area contributed by atoms with E-state index in [9.17, 15) is 14.4 Å². The van der Waals surface area contributed by atoms with Crippen LogP contribution in [0.3, 0.4) is 0 Å². The Bertz CT molecular complexity index is 1220. The number of imide groups is 1. The fourth-order valence-corrected chi connectivity index (χ4v) is 3.95. The minimum atomic E-state index is -1.48. The van der Waals surface area contributed by atoms with Crippen LogP contribution >= 0.6 is 11.6 Å². The van der Waals surface area contributed by atoms with Gasteiger partial charge >= 0.3 is 6.03 Å². The van der Waals surface area contributed by atoms with Gasteiger partial charge in [-0.1, -0.05) is 29.8 Å². The third-order valence-corrected chi connectivity index (χ3v) is 5.57. The van der Waals surface area contributed by atoms with Gasteiger partial charge in [-0.05, 0) is 35.9 Å². The SMILES string of the molecule is COc1cc(Cl)ccc1-c1ccccc1C(=O)NCC1(c2ccnn2C)NC(=O)NC1=O. The van der Waals surface area contributed by atoms with Crippen molar-refractivity contribution in [1.29, 1.82) is 0 Å². The van der Waals surface area contributed by atoms with Gasteiger partial charge in [0.1, 0.15) is 5.75 Å². The quantitative estimate of drug-likeness (QED) is 0.495. The molecule has 10 heteroatoms. The van der Waals surface area contributed by atoms with Gasteiger partial charge in [0, 0.05) is 29.4 Å². The first-order chi connectivity index (χ1) is 15.4. The van der Waals surface area contributed by atoms with Gasteiger partial charge in [-0.2, -0.15) is 5.10 Å². The number of nitrogens with one attached hydrogen (secondary N) is 3. The maximum atomic E-state index is 13.2. The predicted octanol–water partition coefficient (Wildman–Crippen LogP) is 2.21. The van der Waals surface area contributed by atoms with Crippen molar-refractivity contribution in [3.05, 3.63) is 71.0 Å². The zero-order valence-corrected chi connectivity index (χ0v) is 18.1. The zero-order chi connectivity index (χ0) is 22.9. The molecule has 3 N–H and O–H groups in total. The number of hydrogen-bond acceptors (Lipinski definition) is 5. The van der Waals surface area contributed by atoms with E-state index in [1.54, 1.807) is 49.5 Å². The van der Waals surface area contributed by atoms with Crippen molar-refractivity contribution < 1.29 is 19.1 Å². The first-order valence-electron chi connectivity index (χ1n) is 9.69. The summed E-state index contributed by atoms with van der Waals surface area (Å²) in [4.78, 5) is 37.8. The number of urea groups is 1. The fourth-order valence-electron chi connectivity index (χ4n) is 3.79. The highest BCUT2D eigenvalue weighted by Gasteiger charge is 2.49. The topological polar surface area (TPSA) is 114 Å². The molecule has 4 amide bonds. The van der Waals surface area contributed by atoms with Crippen molar-refractivity contribution in [2.24, 2.45) is 7.05 Å². The number of hydrogen-bond donors (Lipinski definition) is 3. The molecule has 4 rings (SSSR count). The lowest BCUT2D eigenvalue weighted by Gasteiger charge is -2.26. The van der Waals surface area contributed by atoms with Gasteiger partial charge in [-0.25, -0.2) is 4.79 Å². The molecule has 0 radical (unpaired) electrons. The van der Waals surface area contributed by atoms with Crippen molar-refractivity contribution in [3.8, 4) is 16.9 Å². The van der Waals surface area contributed by atoms with E-state index in [1.807, 2.05) is 6.07 Å². The van der Waals surface area contributed by atoms with E-state index in [4.69, 9.17) is 16.3 Å². The van der Waals surface area contributed by atoms with Crippen LogP contribution in [0, 0.1) is 0 Å². The lowest BCUT2D eigenvalue weighted by atomic mass is 9.94. The number of benzene rings is 2. The molecule has 0 saturated carbocycles. The summed E-state index contributed by atoms with van der Waals surface area (Å²) in [5.74, 6) is -0.473. The summed E-state index contributed by atoms with van der Waals surface area (Å²) in [7, 11) is 3.18. The molecule has 1 aliphatic heterocycles. The summed E-state index contributed by atoms with van der Waals surface area (Å²) in [6.45, 7) is -0.172. The first-order valence-corrected chi connectivity index (χ1v) is 10.1. The number of aromatic nitrogens is 2. The number of ether oxygens (including phenoxy) is 1. The van der Waals surface area contributed by atoms with Crippen LogP contribution in [0.5, 0.6) is 5.75 Å². The van der Waals surface area contributed by atoms with Crippen LogP contribution in [0.15, 0.2) is 54.7 Å². The number of nitrogens with zero attached hydrogens (tertiary/aromatic N) is 2. The van der Waals surface area contributed by atoms with Crippen molar-refractivity contribution in [2.45, 2.75) is 5.54 Å². The smallest absolute Gasteiger partial charge is 0.322 e. The molecule has 1 saturated heterocycles. The Morgan fingerprint density at radius 2 is 1.97 bits per heavy atom. The van der Waals surface area contributed by atoms with Crippen LogP contribution in [0.25, 0.3) is 11.1 Å². The van der Waals surface area contributed by atoms with E-state index in [1.165, 1.54) is 18.0 Å². The van der Waals surface area contributed by atoms with Gasteiger partial charge in [-0.15, -0.1) is 0 Å². The number of aryl methyl sites for hydroxylation is 1. The number of amides is 4. The number of halogens is 1. The van der Waals surface area contributed by atoms with E-state index >= 15 is 0 Å². The number of methoxy groups -OCH3 is 1. The molecule has 32 heavy (non-hydrogen) atoms. The van der Waals surface area contributed by atoms with E-state index < -0.39 is 23.4 Å². The number of rotatable bonds is 6. The van der Waals surface area contributed by atoms with Gasteiger partial charge in [0.25, 0.3) is 11.8 Å². The molecule has 1 unspecified atom stereocenters. The number of carbonyl (C=O) groups is 3. The zero-order valence-electron chi connectivity index (χ0n) is 17.3.